The van der Waals surface area contributed by atoms with Crippen LogP contribution in [0.5, 0.6) is 0 Å². The fraction of sp³-hybridized carbons (Fsp3) is 0.458. The molecule has 15 heteroatoms. The minimum Gasteiger partial charge on any atom is -0.353 e. The van der Waals surface area contributed by atoms with Crippen LogP contribution in [0.2, 0.25) is 0 Å². The number of nitrogens with zero attached hydrogens (tertiary/aromatic N) is 8. The third-order valence-corrected chi connectivity index (χ3v) is 9.83. The number of likely N-dealkylation sites (N-methyl/N-ethyl adjacent to an activating group) is 1. The van der Waals surface area contributed by atoms with Crippen molar-refractivity contribution in [3.8, 4) is 11.2 Å². The van der Waals surface area contributed by atoms with Crippen molar-refractivity contribution in [2.24, 2.45) is 0 Å². The summed E-state index contributed by atoms with van der Waals surface area (Å²) in [4.78, 5) is 13.6. The molecule has 11 nitrogen and oxygen atoms in total. The van der Waals surface area contributed by atoms with Gasteiger partial charge in [0.1, 0.15) is 17.7 Å². The summed E-state index contributed by atoms with van der Waals surface area (Å²) in [6, 6.07) is 6.92. The number of hydrogen-bond acceptors (Lipinski definition) is 10. The molecule has 2 aliphatic rings. The molecule has 1 saturated heterocycles. The molecule has 0 amide bonds. The maximum atomic E-state index is 13.4. The van der Waals surface area contributed by atoms with E-state index >= 15 is 0 Å². The van der Waals surface area contributed by atoms with Crippen molar-refractivity contribution in [1.29, 1.82) is 5.26 Å². The van der Waals surface area contributed by atoms with Crippen LogP contribution in [-0.2, 0) is 10.0 Å². The number of nitrogens with one attached hydrogen (secondary N) is 1. The van der Waals surface area contributed by atoms with Gasteiger partial charge in [0.2, 0.25) is 15.2 Å². The van der Waals surface area contributed by atoms with Crippen LogP contribution in [-0.4, -0.2) is 75.8 Å². The Hall–Kier alpha value is -3.32. The number of piperazine rings is 1. The van der Waals surface area contributed by atoms with Gasteiger partial charge in [-0.25, -0.2) is 27.2 Å². The highest BCUT2D eigenvalue weighted by atomic mass is 32.2. The summed E-state index contributed by atoms with van der Waals surface area (Å²) < 4.78 is 57.3. The highest BCUT2D eigenvalue weighted by molar-refractivity contribution is 7.89. The summed E-state index contributed by atoms with van der Waals surface area (Å²) in [5.41, 5.74) is -0.272. The maximum Gasteiger partial charge on any atom is 0.291 e. The van der Waals surface area contributed by atoms with E-state index in [1.165, 1.54) is 18.5 Å². The van der Waals surface area contributed by atoms with Crippen molar-refractivity contribution in [3.05, 3.63) is 29.5 Å². The number of aromatic nitrogens is 5. The number of hydrogen-bond donors (Lipinski definition) is 1. The molecule has 1 saturated carbocycles. The first-order valence-electron chi connectivity index (χ1n) is 12.5. The van der Waals surface area contributed by atoms with E-state index in [9.17, 15) is 22.5 Å². The van der Waals surface area contributed by atoms with E-state index < -0.39 is 27.0 Å². The predicted molar refractivity (Wildman–Crippen MR) is 142 cm³/mol. The molecule has 3 aromatic heterocycles. The highest BCUT2D eigenvalue weighted by Crippen LogP contribution is 2.40. The molecule has 0 radical (unpaired) electrons. The van der Waals surface area contributed by atoms with Gasteiger partial charge in [0.05, 0.1) is 21.9 Å². The lowest BCUT2D eigenvalue weighted by atomic mass is 10.1. The van der Waals surface area contributed by atoms with Crippen molar-refractivity contribution in [3.63, 3.8) is 0 Å². The summed E-state index contributed by atoms with van der Waals surface area (Å²) >= 11 is 0.712. The van der Waals surface area contributed by atoms with E-state index in [2.05, 4.69) is 48.5 Å². The topological polar surface area (TPSA) is 133 Å². The number of nitriles is 1. The molecule has 4 heterocycles. The summed E-state index contributed by atoms with van der Waals surface area (Å²) in [6.45, 7) is 7.54. The van der Waals surface area contributed by atoms with Crippen LogP contribution >= 0.6 is 11.3 Å². The minimum atomic E-state index is -4.04. The van der Waals surface area contributed by atoms with Gasteiger partial charge in [-0.05, 0) is 38.4 Å². The third kappa shape index (κ3) is 4.41. The second-order valence-corrected chi connectivity index (χ2v) is 12.5. The smallest absolute Gasteiger partial charge is 0.291 e. The summed E-state index contributed by atoms with van der Waals surface area (Å²) in [5, 5.41) is 18.0. The molecule has 1 aliphatic heterocycles. The van der Waals surface area contributed by atoms with Crippen LogP contribution in [0.15, 0.2) is 29.4 Å². The lowest BCUT2D eigenvalue weighted by Gasteiger charge is -2.40. The fourth-order valence-corrected chi connectivity index (χ4v) is 7.25. The average molecular weight is 574 g/mol. The van der Waals surface area contributed by atoms with E-state index in [0.29, 0.717) is 51.9 Å². The molecule has 1 N–H and O–H groups in total. The van der Waals surface area contributed by atoms with Crippen LogP contribution in [0.25, 0.3) is 27.1 Å². The van der Waals surface area contributed by atoms with E-state index in [1.54, 1.807) is 10.6 Å². The SMILES string of the molecule is CCN1CCN(c2ncnc3c2c2ccc(S(=O)(=O)NC4(C#N)CC4)cc2n3-c2nnc(C(F)F)s2)C[C@@H]1C. The molecule has 4 aromatic rings. The van der Waals surface area contributed by atoms with Crippen molar-refractivity contribution in [2.45, 2.75) is 49.6 Å². The molecule has 0 bridgehead atoms. The van der Waals surface area contributed by atoms with Gasteiger partial charge in [-0.3, -0.25) is 9.47 Å². The predicted octanol–water partition coefficient (Wildman–Crippen LogP) is 3.23. The van der Waals surface area contributed by atoms with Gasteiger partial charge >= 0.3 is 0 Å². The first-order valence-corrected chi connectivity index (χ1v) is 14.8. The molecule has 2 fully saturated rings. The van der Waals surface area contributed by atoms with Crippen LogP contribution < -0.4 is 9.62 Å². The van der Waals surface area contributed by atoms with Crippen molar-refractivity contribution < 1.29 is 17.2 Å². The molecule has 1 atom stereocenters. The third-order valence-electron chi connectivity index (χ3n) is 7.38. The van der Waals surface area contributed by atoms with Crippen LogP contribution in [0.4, 0.5) is 14.6 Å². The van der Waals surface area contributed by atoms with E-state index in [0.717, 1.165) is 26.2 Å². The Bertz CT molecular complexity index is 1730. The van der Waals surface area contributed by atoms with Crippen LogP contribution in [0.1, 0.15) is 38.1 Å². The number of rotatable bonds is 7. The van der Waals surface area contributed by atoms with Crippen LogP contribution in [0.3, 0.4) is 0 Å². The van der Waals surface area contributed by atoms with Gasteiger partial charge in [-0.15, -0.1) is 10.2 Å². The average Bonchev–Trinajstić information content (AvgIpc) is 3.36. The lowest BCUT2D eigenvalue weighted by molar-refractivity contribution is 0.150. The Morgan fingerprint density at radius 2 is 2.05 bits per heavy atom. The molecule has 1 aliphatic carbocycles. The Morgan fingerprint density at radius 1 is 1.26 bits per heavy atom. The van der Waals surface area contributed by atoms with Crippen molar-refractivity contribution in [1.82, 2.24) is 34.4 Å². The first kappa shape index (κ1) is 25.9. The van der Waals surface area contributed by atoms with Gasteiger partial charge < -0.3 is 4.90 Å². The van der Waals surface area contributed by atoms with E-state index in [4.69, 9.17) is 0 Å². The first-order chi connectivity index (χ1) is 18.7. The Morgan fingerprint density at radius 3 is 2.69 bits per heavy atom. The molecular weight excluding hydrogens is 548 g/mol. The number of alkyl halides is 2. The Balaban J connectivity index is 1.55. The Kier molecular flexibility index (Phi) is 6.25. The zero-order valence-corrected chi connectivity index (χ0v) is 22.8. The molecule has 6 rings (SSSR count). The fourth-order valence-electron chi connectivity index (χ4n) is 5.14. The number of sulfonamides is 1. The van der Waals surface area contributed by atoms with E-state index in [1.807, 2.05) is 6.07 Å². The highest BCUT2D eigenvalue weighted by Gasteiger charge is 2.47. The molecule has 0 spiro atoms. The normalized spacial score (nSPS) is 19.7. The van der Waals surface area contributed by atoms with Gasteiger partial charge in [-0.1, -0.05) is 24.3 Å². The molecule has 39 heavy (non-hydrogen) atoms. The summed E-state index contributed by atoms with van der Waals surface area (Å²) in [7, 11) is -4.04. The minimum absolute atomic E-state index is 0.0566. The van der Waals surface area contributed by atoms with E-state index in [-0.39, 0.29) is 16.1 Å². The van der Waals surface area contributed by atoms with Gasteiger partial charge in [0.15, 0.2) is 10.7 Å². The van der Waals surface area contributed by atoms with Crippen molar-refractivity contribution >= 4 is 49.1 Å². The molecular formula is C24H25F2N9O2S2. The lowest BCUT2D eigenvalue weighted by Crippen LogP contribution is -2.52. The van der Waals surface area contributed by atoms with Crippen LogP contribution in [0, 0.1) is 11.3 Å². The number of fused-ring (bicyclic) bond motifs is 3. The summed E-state index contributed by atoms with van der Waals surface area (Å²) in [6.07, 6.45) is -0.502. The largest absolute Gasteiger partial charge is 0.353 e. The zero-order chi connectivity index (χ0) is 27.5. The quantitative estimate of drug-likeness (QED) is 0.354. The maximum absolute atomic E-state index is 13.4. The Labute approximate surface area is 227 Å². The van der Waals surface area contributed by atoms with Gasteiger partial charge in [-0.2, -0.15) is 9.98 Å². The number of benzene rings is 1. The molecule has 0 unspecified atom stereocenters. The standard InChI is InChI=1S/C24H25F2N9O2S2/c1-3-33-8-9-34(11-14(33)2)20-18-16-5-4-15(39(36,37)32-24(12-27)6-7-24)10-17(16)35(21(18)29-13-28-20)23-31-30-22(38-23)19(25)26/h4-5,10,13-14,19,32H,3,6-9,11H2,1-2H3/t14-/m0/s1. The van der Waals surface area contributed by atoms with Gasteiger partial charge in [0.25, 0.3) is 6.43 Å². The molecule has 1 aromatic carbocycles. The molecule has 204 valence electrons. The zero-order valence-electron chi connectivity index (χ0n) is 21.2. The monoisotopic (exact) mass is 573 g/mol. The number of anilines is 1. The number of halogens is 2. The second kappa shape index (κ2) is 9.40. The van der Waals surface area contributed by atoms with Crippen molar-refractivity contribution in [2.75, 3.05) is 31.1 Å². The van der Waals surface area contributed by atoms with Gasteiger partial charge in [0, 0.05) is 31.1 Å². The second-order valence-electron chi connectivity index (χ2n) is 9.86. The summed E-state index contributed by atoms with van der Waals surface area (Å²) in [5.74, 6) is 0.681.